The Morgan fingerprint density at radius 1 is 0.706 bits per heavy atom. The standard InChI is InChI=1S/C12H10O3S2/c13-9-5-1-3-7-11(9)16-15-17-12-8-4-2-6-10(12)14/h1-8,13-14H. The monoisotopic (exact) mass is 266 g/mol. The highest BCUT2D eigenvalue weighted by atomic mass is 32.2. The molecule has 3 nitrogen and oxygen atoms in total. The van der Waals surface area contributed by atoms with Gasteiger partial charge in [0.05, 0.1) is 9.79 Å². The second-order valence-electron chi connectivity index (χ2n) is 3.17. The molecule has 2 aromatic carbocycles. The molecule has 0 bridgehead atoms. The van der Waals surface area contributed by atoms with Gasteiger partial charge in [0.1, 0.15) is 11.5 Å². The molecule has 0 amide bonds. The van der Waals surface area contributed by atoms with Gasteiger partial charge in [-0.25, -0.2) is 3.63 Å². The first-order valence-electron chi connectivity index (χ1n) is 4.84. The Hall–Kier alpha value is -1.30. The fraction of sp³-hybridized carbons (Fsp3) is 0. The molecule has 0 saturated carbocycles. The van der Waals surface area contributed by atoms with Gasteiger partial charge in [-0.3, -0.25) is 0 Å². The summed E-state index contributed by atoms with van der Waals surface area (Å²) in [5, 5.41) is 19.0. The summed E-state index contributed by atoms with van der Waals surface area (Å²) < 4.78 is 5.28. The van der Waals surface area contributed by atoms with E-state index in [2.05, 4.69) is 0 Å². The van der Waals surface area contributed by atoms with Crippen molar-refractivity contribution in [2.75, 3.05) is 0 Å². The summed E-state index contributed by atoms with van der Waals surface area (Å²) in [6.45, 7) is 0. The molecule has 0 unspecified atom stereocenters. The molecule has 2 aromatic rings. The Labute approximate surface area is 108 Å². The summed E-state index contributed by atoms with van der Waals surface area (Å²) in [7, 11) is 0. The second-order valence-corrected chi connectivity index (χ2v) is 4.93. The number of para-hydroxylation sites is 2. The molecule has 0 aliphatic rings. The van der Waals surface area contributed by atoms with E-state index in [1.54, 1.807) is 36.4 Å². The van der Waals surface area contributed by atoms with Crippen LogP contribution in [0.1, 0.15) is 0 Å². The maximum atomic E-state index is 9.50. The van der Waals surface area contributed by atoms with E-state index in [1.807, 2.05) is 12.1 Å². The molecule has 0 aromatic heterocycles. The maximum absolute atomic E-state index is 9.50. The van der Waals surface area contributed by atoms with E-state index in [0.29, 0.717) is 9.79 Å². The zero-order chi connectivity index (χ0) is 12.1. The highest BCUT2D eigenvalue weighted by molar-refractivity contribution is 8.08. The fourth-order valence-electron chi connectivity index (χ4n) is 1.15. The number of phenolic OH excluding ortho intramolecular Hbond substituents is 2. The first-order valence-corrected chi connectivity index (χ1v) is 6.33. The Morgan fingerprint density at radius 2 is 1.12 bits per heavy atom. The van der Waals surface area contributed by atoms with Gasteiger partial charge in [-0.15, -0.1) is 0 Å². The molecule has 0 aliphatic heterocycles. The van der Waals surface area contributed by atoms with Crippen molar-refractivity contribution >= 4 is 24.1 Å². The van der Waals surface area contributed by atoms with Crippen molar-refractivity contribution in [3.05, 3.63) is 48.5 Å². The van der Waals surface area contributed by atoms with Crippen molar-refractivity contribution in [2.24, 2.45) is 0 Å². The summed E-state index contributed by atoms with van der Waals surface area (Å²) in [6, 6.07) is 13.8. The van der Waals surface area contributed by atoms with Gasteiger partial charge in [0.25, 0.3) is 0 Å². The van der Waals surface area contributed by atoms with Crippen LogP contribution in [0, 0.1) is 0 Å². The van der Waals surface area contributed by atoms with Crippen LogP contribution in [-0.2, 0) is 3.63 Å². The summed E-state index contributed by atoms with van der Waals surface area (Å²) >= 11 is 2.10. The highest BCUT2D eigenvalue weighted by Crippen LogP contribution is 2.36. The Morgan fingerprint density at radius 3 is 1.53 bits per heavy atom. The average molecular weight is 266 g/mol. The van der Waals surface area contributed by atoms with Gasteiger partial charge >= 0.3 is 0 Å². The third kappa shape index (κ3) is 3.33. The average Bonchev–Trinajstić information content (AvgIpc) is 2.34. The molecule has 5 heteroatoms. The number of aromatic hydroxyl groups is 2. The van der Waals surface area contributed by atoms with Crippen LogP contribution in [0.4, 0.5) is 0 Å². The molecule has 17 heavy (non-hydrogen) atoms. The van der Waals surface area contributed by atoms with Crippen LogP contribution in [-0.4, -0.2) is 10.2 Å². The van der Waals surface area contributed by atoms with Crippen molar-refractivity contribution in [3.63, 3.8) is 0 Å². The van der Waals surface area contributed by atoms with Crippen molar-refractivity contribution in [2.45, 2.75) is 9.79 Å². The van der Waals surface area contributed by atoms with Crippen LogP contribution in [0.25, 0.3) is 0 Å². The van der Waals surface area contributed by atoms with Crippen LogP contribution in [0.15, 0.2) is 58.3 Å². The van der Waals surface area contributed by atoms with Crippen LogP contribution >= 0.6 is 24.1 Å². The summed E-state index contributed by atoms with van der Waals surface area (Å²) in [6.07, 6.45) is 0. The number of rotatable bonds is 4. The fourth-order valence-corrected chi connectivity index (χ4v) is 2.44. The van der Waals surface area contributed by atoms with Crippen LogP contribution < -0.4 is 0 Å². The molecule has 2 N–H and O–H groups in total. The Bertz CT molecular complexity index is 457. The van der Waals surface area contributed by atoms with Crippen LogP contribution in [0.3, 0.4) is 0 Å². The quantitative estimate of drug-likeness (QED) is 0.824. The minimum Gasteiger partial charge on any atom is -0.507 e. The van der Waals surface area contributed by atoms with E-state index >= 15 is 0 Å². The van der Waals surface area contributed by atoms with Gasteiger partial charge in [-0.2, -0.15) is 0 Å². The molecule has 0 spiro atoms. The summed E-state index contributed by atoms with van der Waals surface area (Å²) in [4.78, 5) is 1.27. The number of hydrogen-bond donors (Lipinski definition) is 2. The lowest BCUT2D eigenvalue weighted by molar-refractivity contribution is 0.460. The lowest BCUT2D eigenvalue weighted by Crippen LogP contribution is -1.75. The molecule has 0 atom stereocenters. The molecular formula is C12H10O3S2. The summed E-state index contributed by atoms with van der Waals surface area (Å²) in [5.74, 6) is 0.353. The largest absolute Gasteiger partial charge is 0.507 e. The SMILES string of the molecule is Oc1ccccc1SOSc1ccccc1O. The smallest absolute Gasteiger partial charge is 0.131 e. The molecule has 0 radical (unpaired) electrons. The van der Waals surface area contributed by atoms with E-state index in [-0.39, 0.29) is 11.5 Å². The number of phenols is 2. The van der Waals surface area contributed by atoms with E-state index in [4.69, 9.17) is 3.63 Å². The van der Waals surface area contributed by atoms with Crippen molar-refractivity contribution in [3.8, 4) is 11.5 Å². The zero-order valence-corrected chi connectivity index (χ0v) is 10.4. The zero-order valence-electron chi connectivity index (χ0n) is 8.74. The lowest BCUT2D eigenvalue weighted by Gasteiger charge is -2.04. The maximum Gasteiger partial charge on any atom is 0.131 e. The highest BCUT2D eigenvalue weighted by Gasteiger charge is 2.04. The van der Waals surface area contributed by atoms with E-state index < -0.39 is 0 Å². The van der Waals surface area contributed by atoms with E-state index in [0.717, 1.165) is 24.1 Å². The first kappa shape index (κ1) is 12.2. The second kappa shape index (κ2) is 5.86. The van der Waals surface area contributed by atoms with Gasteiger partial charge < -0.3 is 10.2 Å². The van der Waals surface area contributed by atoms with Gasteiger partial charge in [0.2, 0.25) is 0 Å². The molecule has 0 aliphatic carbocycles. The first-order chi connectivity index (χ1) is 8.27. The summed E-state index contributed by atoms with van der Waals surface area (Å²) in [5.41, 5.74) is 0. The van der Waals surface area contributed by atoms with Crippen LogP contribution in [0.2, 0.25) is 0 Å². The van der Waals surface area contributed by atoms with Crippen molar-refractivity contribution in [1.82, 2.24) is 0 Å². The van der Waals surface area contributed by atoms with Gasteiger partial charge in [-0.1, -0.05) is 24.3 Å². The molecule has 0 saturated heterocycles. The number of hydrogen-bond acceptors (Lipinski definition) is 5. The van der Waals surface area contributed by atoms with Crippen molar-refractivity contribution < 1.29 is 13.8 Å². The third-order valence-corrected chi connectivity index (χ3v) is 3.57. The molecule has 0 heterocycles. The third-order valence-electron chi connectivity index (χ3n) is 1.98. The minimum absolute atomic E-state index is 0.176. The molecular weight excluding hydrogens is 256 g/mol. The van der Waals surface area contributed by atoms with E-state index in [9.17, 15) is 10.2 Å². The van der Waals surface area contributed by atoms with Gasteiger partial charge in [-0.05, 0) is 24.3 Å². The topological polar surface area (TPSA) is 49.7 Å². The molecule has 2 rings (SSSR count). The Balaban J connectivity index is 1.93. The van der Waals surface area contributed by atoms with Gasteiger partial charge in [0.15, 0.2) is 0 Å². The lowest BCUT2D eigenvalue weighted by atomic mass is 10.3. The minimum atomic E-state index is 0.176. The van der Waals surface area contributed by atoms with Crippen LogP contribution in [0.5, 0.6) is 11.5 Å². The van der Waals surface area contributed by atoms with E-state index in [1.165, 1.54) is 0 Å². The predicted molar refractivity (Wildman–Crippen MR) is 69.0 cm³/mol. The van der Waals surface area contributed by atoms with Gasteiger partial charge in [0, 0.05) is 24.1 Å². The van der Waals surface area contributed by atoms with Crippen molar-refractivity contribution in [1.29, 1.82) is 0 Å². The Kier molecular flexibility index (Phi) is 4.19. The number of benzene rings is 2. The molecule has 88 valence electrons. The predicted octanol–water partition coefficient (Wildman–Crippen LogP) is 3.83. The normalized spacial score (nSPS) is 10.4. The molecule has 0 fully saturated rings.